The first kappa shape index (κ1) is 23.6. The monoisotopic (exact) mass is 502 g/mol. The van der Waals surface area contributed by atoms with E-state index in [1.807, 2.05) is 60.7 Å². The first-order valence-electron chi connectivity index (χ1n) is 11.5. The van der Waals surface area contributed by atoms with Crippen LogP contribution in [0.25, 0.3) is 22.5 Å². The normalized spacial score (nSPS) is 14.6. The lowest BCUT2D eigenvalue weighted by Crippen LogP contribution is -2.19. The number of anilines is 1. The molecular weight excluding hydrogens is 480 g/mol. The zero-order valence-electron chi connectivity index (χ0n) is 19.4. The van der Waals surface area contributed by atoms with Gasteiger partial charge in [-0.1, -0.05) is 78.3 Å². The maximum Gasteiger partial charge on any atom is 0.413 e. The number of aromatic nitrogens is 1. The van der Waals surface area contributed by atoms with Gasteiger partial charge in [-0.15, -0.1) is 0 Å². The molecule has 182 valence electrons. The fourth-order valence-corrected chi connectivity index (χ4v) is 4.53. The van der Waals surface area contributed by atoms with Gasteiger partial charge in [-0.3, -0.25) is 10.1 Å². The highest BCUT2D eigenvalue weighted by molar-refractivity contribution is 6.31. The number of nitrogens with zero attached hydrogens (tertiary/aromatic N) is 1. The largest absolute Gasteiger partial charge is 0.481 e. The van der Waals surface area contributed by atoms with Crippen molar-refractivity contribution in [2.45, 2.75) is 31.3 Å². The summed E-state index contributed by atoms with van der Waals surface area (Å²) in [6.45, 7) is 1.74. The van der Waals surface area contributed by atoms with Crippen LogP contribution in [-0.4, -0.2) is 22.2 Å². The summed E-state index contributed by atoms with van der Waals surface area (Å²) in [4.78, 5) is 28.1. The number of carbonyl (C=O) groups is 2. The minimum absolute atomic E-state index is 0.242. The number of rotatable bonds is 7. The summed E-state index contributed by atoms with van der Waals surface area (Å²) in [5, 5.41) is 12.6. The van der Waals surface area contributed by atoms with E-state index in [-0.39, 0.29) is 5.82 Å². The van der Waals surface area contributed by atoms with Crippen molar-refractivity contribution in [2.75, 3.05) is 5.32 Å². The van der Waals surface area contributed by atoms with Crippen molar-refractivity contribution in [2.24, 2.45) is 0 Å². The number of benzene rings is 3. The van der Waals surface area contributed by atoms with Crippen LogP contribution >= 0.6 is 11.6 Å². The van der Waals surface area contributed by atoms with Crippen LogP contribution in [0, 0.1) is 0 Å². The lowest BCUT2D eigenvalue weighted by Gasteiger charge is -2.15. The Bertz CT molecular complexity index is 1410. The number of carboxylic acids is 1. The van der Waals surface area contributed by atoms with E-state index in [0.29, 0.717) is 29.2 Å². The van der Waals surface area contributed by atoms with Crippen LogP contribution < -0.4 is 5.32 Å². The highest BCUT2D eigenvalue weighted by Gasteiger charge is 2.51. The lowest BCUT2D eigenvalue weighted by molar-refractivity contribution is -0.140. The molecule has 0 radical (unpaired) electrons. The van der Waals surface area contributed by atoms with Crippen molar-refractivity contribution >= 4 is 29.5 Å². The van der Waals surface area contributed by atoms with Gasteiger partial charge in [0.25, 0.3) is 0 Å². The molecule has 1 aliphatic carbocycles. The van der Waals surface area contributed by atoms with Crippen LogP contribution in [0.1, 0.15) is 37.0 Å². The summed E-state index contributed by atoms with van der Waals surface area (Å²) in [5.74, 6) is -0.124. The number of ether oxygens (including phenoxy) is 1. The van der Waals surface area contributed by atoms with E-state index >= 15 is 0 Å². The molecule has 7 nitrogen and oxygen atoms in total. The van der Waals surface area contributed by atoms with E-state index in [2.05, 4.69) is 10.3 Å². The van der Waals surface area contributed by atoms with E-state index in [9.17, 15) is 14.7 Å². The third kappa shape index (κ3) is 4.57. The van der Waals surface area contributed by atoms with Crippen molar-refractivity contribution in [3.63, 3.8) is 0 Å². The number of hydrogen-bond acceptors (Lipinski definition) is 5. The molecular formula is C28H23ClN2O5. The summed E-state index contributed by atoms with van der Waals surface area (Å²) in [5.41, 5.74) is 3.49. The minimum Gasteiger partial charge on any atom is -0.481 e. The second-order valence-electron chi connectivity index (χ2n) is 8.77. The van der Waals surface area contributed by atoms with Gasteiger partial charge < -0.3 is 14.3 Å². The number of aliphatic carboxylic acids is 1. The second-order valence-corrected chi connectivity index (χ2v) is 9.17. The van der Waals surface area contributed by atoms with Crippen molar-refractivity contribution < 1.29 is 23.8 Å². The smallest absolute Gasteiger partial charge is 0.413 e. The molecule has 1 aromatic heterocycles. The number of carbonyl (C=O) groups excluding carboxylic acids is 1. The standard InChI is InChI=1S/C28H23ClN2O5/c1-17(22-4-2-3-5-23(22)29)36-27(34)31-25-24(35-16-30-25)20-8-6-18(7-9-20)19-10-12-21(13-11-19)28(14-15-28)26(32)33/h2-13,16-17H,14-15H2,1H3,(H,31,34)(H,32,33)/t17-/m1/s1. The Morgan fingerprint density at radius 3 is 2.22 bits per heavy atom. The van der Waals surface area contributed by atoms with Crippen LogP contribution in [0.2, 0.25) is 5.02 Å². The fourth-order valence-electron chi connectivity index (χ4n) is 4.24. The Morgan fingerprint density at radius 2 is 1.61 bits per heavy atom. The van der Waals surface area contributed by atoms with Crippen LogP contribution in [0.4, 0.5) is 10.6 Å². The molecule has 0 spiro atoms. The number of oxazole rings is 1. The van der Waals surface area contributed by atoms with E-state index in [1.165, 1.54) is 6.39 Å². The van der Waals surface area contributed by atoms with E-state index in [1.54, 1.807) is 19.1 Å². The molecule has 0 bridgehead atoms. The third-order valence-corrected chi connectivity index (χ3v) is 6.84. The number of halogens is 1. The van der Waals surface area contributed by atoms with Crippen LogP contribution in [0.3, 0.4) is 0 Å². The molecule has 36 heavy (non-hydrogen) atoms. The van der Waals surface area contributed by atoms with Crippen LogP contribution in [0.5, 0.6) is 0 Å². The molecule has 0 aliphatic heterocycles. The lowest BCUT2D eigenvalue weighted by atomic mass is 9.93. The molecule has 1 heterocycles. The minimum atomic E-state index is -0.765. The summed E-state index contributed by atoms with van der Waals surface area (Å²) in [6.07, 6.45) is 1.38. The zero-order chi connectivity index (χ0) is 25.3. The molecule has 8 heteroatoms. The van der Waals surface area contributed by atoms with Gasteiger partial charge in [0.2, 0.25) is 0 Å². The summed E-state index contributed by atoms with van der Waals surface area (Å²) in [7, 11) is 0. The predicted octanol–water partition coefficient (Wildman–Crippen LogP) is 7.09. The third-order valence-electron chi connectivity index (χ3n) is 6.49. The van der Waals surface area contributed by atoms with Crippen molar-refractivity contribution in [1.29, 1.82) is 0 Å². The van der Waals surface area contributed by atoms with Crippen molar-refractivity contribution in [1.82, 2.24) is 4.98 Å². The molecule has 1 amide bonds. The van der Waals surface area contributed by atoms with E-state index in [0.717, 1.165) is 22.3 Å². The maximum atomic E-state index is 12.5. The fraction of sp³-hybridized carbons (Fsp3) is 0.179. The molecule has 1 saturated carbocycles. The Kier molecular flexibility index (Phi) is 6.24. The molecule has 4 aromatic rings. The molecule has 1 atom stereocenters. The molecule has 1 aliphatic rings. The molecule has 5 rings (SSSR count). The number of nitrogens with one attached hydrogen (secondary N) is 1. The summed E-state index contributed by atoms with van der Waals surface area (Å²) < 4.78 is 11.0. The van der Waals surface area contributed by atoms with Gasteiger partial charge >= 0.3 is 12.1 Å². The molecule has 0 saturated heterocycles. The summed E-state index contributed by atoms with van der Waals surface area (Å²) in [6, 6.07) is 22.4. The Balaban J connectivity index is 1.27. The first-order valence-corrected chi connectivity index (χ1v) is 11.9. The SMILES string of the molecule is C[C@@H](OC(=O)Nc1ncoc1-c1ccc(-c2ccc(C3(C(=O)O)CC3)cc2)cc1)c1ccccc1Cl. The average Bonchev–Trinajstić information content (AvgIpc) is 3.58. The first-order chi connectivity index (χ1) is 17.4. The van der Waals surface area contributed by atoms with Gasteiger partial charge in [0.15, 0.2) is 18.0 Å². The molecule has 3 aromatic carbocycles. The molecule has 2 N–H and O–H groups in total. The average molecular weight is 503 g/mol. The maximum absolute atomic E-state index is 12.5. The predicted molar refractivity (Wildman–Crippen MR) is 136 cm³/mol. The molecule has 1 fully saturated rings. The number of carboxylic acid groups (broad SMARTS) is 1. The quantitative estimate of drug-likeness (QED) is 0.280. The Morgan fingerprint density at radius 1 is 1.00 bits per heavy atom. The Hall–Kier alpha value is -4.10. The van der Waals surface area contributed by atoms with Crippen molar-refractivity contribution in [3.05, 3.63) is 95.3 Å². The van der Waals surface area contributed by atoms with Crippen LogP contribution in [0.15, 0.2) is 83.6 Å². The van der Waals surface area contributed by atoms with Crippen LogP contribution in [-0.2, 0) is 14.9 Å². The van der Waals surface area contributed by atoms with E-state index in [4.69, 9.17) is 20.8 Å². The Labute approximate surface area is 212 Å². The number of hydrogen-bond donors (Lipinski definition) is 2. The number of amides is 1. The summed E-state index contributed by atoms with van der Waals surface area (Å²) >= 11 is 6.19. The van der Waals surface area contributed by atoms with Gasteiger partial charge in [-0.2, -0.15) is 4.98 Å². The molecule has 0 unspecified atom stereocenters. The van der Waals surface area contributed by atoms with E-state index < -0.39 is 23.6 Å². The topological polar surface area (TPSA) is 102 Å². The highest BCUT2D eigenvalue weighted by atomic mass is 35.5. The van der Waals surface area contributed by atoms with Gasteiger partial charge in [0.1, 0.15) is 6.10 Å². The van der Waals surface area contributed by atoms with Gasteiger partial charge in [-0.05, 0) is 42.5 Å². The highest BCUT2D eigenvalue weighted by Crippen LogP contribution is 2.48. The van der Waals surface area contributed by atoms with Gasteiger partial charge in [0, 0.05) is 16.1 Å². The van der Waals surface area contributed by atoms with Gasteiger partial charge in [0.05, 0.1) is 5.41 Å². The van der Waals surface area contributed by atoms with Gasteiger partial charge in [-0.25, -0.2) is 4.79 Å². The van der Waals surface area contributed by atoms with Crippen molar-refractivity contribution in [3.8, 4) is 22.5 Å². The zero-order valence-corrected chi connectivity index (χ0v) is 20.2. The second kappa shape index (κ2) is 9.51.